The Labute approximate surface area is 129 Å². The van der Waals surface area contributed by atoms with Gasteiger partial charge in [0.15, 0.2) is 0 Å². The molecule has 0 aromatic heterocycles. The second kappa shape index (κ2) is 6.85. The van der Waals surface area contributed by atoms with E-state index in [4.69, 9.17) is 20.9 Å². The van der Waals surface area contributed by atoms with Crippen molar-refractivity contribution in [2.75, 3.05) is 11.5 Å². The zero-order valence-corrected chi connectivity index (χ0v) is 12.7. The molecule has 5 nitrogen and oxygen atoms in total. The molecule has 0 fully saturated rings. The molecule has 2 rings (SSSR count). The minimum atomic E-state index is -0.732. The molecule has 0 bridgehead atoms. The van der Waals surface area contributed by atoms with Crippen molar-refractivity contribution in [3.05, 3.63) is 59.7 Å². The van der Waals surface area contributed by atoms with Gasteiger partial charge in [-0.3, -0.25) is 0 Å². The molecule has 0 heterocycles. The van der Waals surface area contributed by atoms with Crippen molar-refractivity contribution in [1.29, 1.82) is 0 Å². The van der Waals surface area contributed by atoms with E-state index in [0.29, 0.717) is 11.4 Å². The Morgan fingerprint density at radius 2 is 1.27 bits per heavy atom. The van der Waals surface area contributed by atoms with Gasteiger partial charge >= 0.3 is 6.16 Å². The van der Waals surface area contributed by atoms with Crippen LogP contribution in [-0.2, 0) is 9.47 Å². The van der Waals surface area contributed by atoms with Gasteiger partial charge in [0.25, 0.3) is 0 Å². The Hall–Kier alpha value is -2.69. The number of nitrogen functional groups attached to an aromatic ring is 2. The van der Waals surface area contributed by atoms with Crippen molar-refractivity contribution in [2.45, 2.75) is 26.1 Å². The van der Waals surface area contributed by atoms with Crippen LogP contribution in [-0.4, -0.2) is 6.16 Å². The Balaban J connectivity index is 1.95. The topological polar surface area (TPSA) is 87.6 Å². The molecule has 2 aromatic rings. The molecule has 4 N–H and O–H groups in total. The third kappa shape index (κ3) is 4.15. The van der Waals surface area contributed by atoms with Crippen LogP contribution in [0.4, 0.5) is 16.2 Å². The van der Waals surface area contributed by atoms with E-state index in [1.165, 1.54) is 0 Å². The highest BCUT2D eigenvalue weighted by Gasteiger charge is 2.17. The summed E-state index contributed by atoms with van der Waals surface area (Å²) in [7, 11) is 0. The summed E-state index contributed by atoms with van der Waals surface area (Å²) in [5.41, 5.74) is 14.3. The fourth-order valence-corrected chi connectivity index (χ4v) is 2.08. The maximum absolute atomic E-state index is 11.9. The van der Waals surface area contributed by atoms with E-state index in [9.17, 15) is 4.79 Å². The molecule has 2 unspecified atom stereocenters. The number of carbonyl (C=O) groups is 1. The average molecular weight is 300 g/mol. The zero-order valence-electron chi connectivity index (χ0n) is 12.7. The summed E-state index contributed by atoms with van der Waals surface area (Å²) in [4.78, 5) is 11.9. The summed E-state index contributed by atoms with van der Waals surface area (Å²) in [6.45, 7) is 3.53. The van der Waals surface area contributed by atoms with Crippen LogP contribution in [0.25, 0.3) is 0 Å². The van der Waals surface area contributed by atoms with E-state index in [1.54, 1.807) is 38.1 Å². The molecular weight excluding hydrogens is 280 g/mol. The minimum absolute atomic E-state index is 0.441. The van der Waals surface area contributed by atoms with Gasteiger partial charge in [0.2, 0.25) is 0 Å². The van der Waals surface area contributed by atoms with E-state index < -0.39 is 18.4 Å². The summed E-state index contributed by atoms with van der Waals surface area (Å²) in [5.74, 6) is 0. The molecule has 0 aliphatic carbocycles. The van der Waals surface area contributed by atoms with Crippen molar-refractivity contribution in [2.24, 2.45) is 0 Å². The van der Waals surface area contributed by atoms with Crippen LogP contribution in [0, 0.1) is 0 Å². The van der Waals surface area contributed by atoms with Gasteiger partial charge in [-0.05, 0) is 49.2 Å². The molecule has 116 valence electrons. The highest BCUT2D eigenvalue weighted by atomic mass is 16.7. The summed E-state index contributed by atoms with van der Waals surface area (Å²) < 4.78 is 10.5. The van der Waals surface area contributed by atoms with Gasteiger partial charge in [-0.1, -0.05) is 24.3 Å². The van der Waals surface area contributed by atoms with Crippen molar-refractivity contribution in [1.82, 2.24) is 0 Å². The largest absolute Gasteiger partial charge is 0.509 e. The van der Waals surface area contributed by atoms with E-state index in [0.717, 1.165) is 11.1 Å². The van der Waals surface area contributed by atoms with Crippen molar-refractivity contribution in [3.8, 4) is 0 Å². The van der Waals surface area contributed by atoms with Crippen LogP contribution in [0.15, 0.2) is 48.5 Å². The van der Waals surface area contributed by atoms with Crippen LogP contribution < -0.4 is 11.5 Å². The van der Waals surface area contributed by atoms with Gasteiger partial charge in [-0.15, -0.1) is 0 Å². The Bertz CT molecular complexity index is 602. The SMILES string of the molecule is CC(OC(=O)OC(C)c1cccc(N)c1)c1cccc(N)c1. The molecule has 0 spiro atoms. The molecule has 0 saturated carbocycles. The first-order valence-corrected chi connectivity index (χ1v) is 7.04. The van der Waals surface area contributed by atoms with Gasteiger partial charge in [0.05, 0.1) is 0 Å². The van der Waals surface area contributed by atoms with Crippen LogP contribution in [0.1, 0.15) is 37.2 Å². The molecule has 2 atom stereocenters. The zero-order chi connectivity index (χ0) is 16.1. The summed E-state index contributed by atoms with van der Waals surface area (Å²) in [6.07, 6.45) is -1.61. The van der Waals surface area contributed by atoms with Gasteiger partial charge in [-0.2, -0.15) is 0 Å². The smallest absolute Gasteiger partial charge is 0.426 e. The van der Waals surface area contributed by atoms with E-state index >= 15 is 0 Å². The third-order valence-electron chi connectivity index (χ3n) is 3.31. The lowest BCUT2D eigenvalue weighted by molar-refractivity contribution is 0.00628. The Morgan fingerprint density at radius 3 is 1.64 bits per heavy atom. The summed E-state index contributed by atoms with van der Waals surface area (Å²) >= 11 is 0. The van der Waals surface area contributed by atoms with Gasteiger partial charge in [-0.25, -0.2) is 4.79 Å². The van der Waals surface area contributed by atoms with Crippen molar-refractivity contribution >= 4 is 17.5 Å². The lowest BCUT2D eigenvalue weighted by atomic mass is 10.1. The highest BCUT2D eigenvalue weighted by molar-refractivity contribution is 5.61. The first kappa shape index (κ1) is 15.7. The fourth-order valence-electron chi connectivity index (χ4n) is 2.08. The monoisotopic (exact) mass is 300 g/mol. The lowest BCUT2D eigenvalue weighted by Gasteiger charge is -2.17. The maximum Gasteiger partial charge on any atom is 0.509 e. The normalized spacial score (nSPS) is 13.2. The minimum Gasteiger partial charge on any atom is -0.426 e. The second-order valence-corrected chi connectivity index (χ2v) is 5.11. The first-order chi connectivity index (χ1) is 10.5. The van der Waals surface area contributed by atoms with Crippen LogP contribution in [0.2, 0.25) is 0 Å². The Morgan fingerprint density at radius 1 is 0.864 bits per heavy atom. The lowest BCUT2D eigenvalue weighted by Crippen LogP contribution is -2.13. The number of hydrogen-bond acceptors (Lipinski definition) is 5. The van der Waals surface area contributed by atoms with Crippen LogP contribution in [0.5, 0.6) is 0 Å². The number of carbonyl (C=O) groups excluding carboxylic acids is 1. The molecule has 5 heteroatoms. The standard InChI is InChI=1S/C17H20N2O3/c1-11(13-5-3-7-15(18)9-13)21-17(20)22-12(2)14-6-4-8-16(19)10-14/h3-12H,18-19H2,1-2H3. The predicted octanol–water partition coefficient (Wildman–Crippen LogP) is 3.83. The highest BCUT2D eigenvalue weighted by Crippen LogP contribution is 2.23. The molecule has 2 aromatic carbocycles. The van der Waals surface area contributed by atoms with Crippen molar-refractivity contribution < 1.29 is 14.3 Å². The number of anilines is 2. The van der Waals surface area contributed by atoms with Crippen LogP contribution in [0.3, 0.4) is 0 Å². The number of nitrogens with two attached hydrogens (primary N) is 2. The van der Waals surface area contributed by atoms with Crippen LogP contribution >= 0.6 is 0 Å². The molecule has 22 heavy (non-hydrogen) atoms. The molecule has 0 radical (unpaired) electrons. The third-order valence-corrected chi connectivity index (χ3v) is 3.31. The molecule has 0 aliphatic heterocycles. The second-order valence-electron chi connectivity index (χ2n) is 5.11. The van der Waals surface area contributed by atoms with E-state index in [2.05, 4.69) is 0 Å². The first-order valence-electron chi connectivity index (χ1n) is 7.04. The van der Waals surface area contributed by atoms with Gasteiger partial charge in [0.1, 0.15) is 12.2 Å². The molecule has 0 aliphatic rings. The quantitative estimate of drug-likeness (QED) is 0.662. The number of benzene rings is 2. The molecular formula is C17H20N2O3. The van der Waals surface area contributed by atoms with E-state index in [1.807, 2.05) is 24.3 Å². The Kier molecular flexibility index (Phi) is 4.88. The summed E-state index contributed by atoms with van der Waals surface area (Å²) in [6, 6.07) is 14.4. The van der Waals surface area contributed by atoms with E-state index in [-0.39, 0.29) is 0 Å². The fraction of sp³-hybridized carbons (Fsp3) is 0.235. The maximum atomic E-state index is 11.9. The van der Waals surface area contributed by atoms with Gasteiger partial charge in [0, 0.05) is 11.4 Å². The average Bonchev–Trinajstić information content (AvgIpc) is 2.47. The molecule has 0 saturated heterocycles. The number of rotatable bonds is 4. The summed E-state index contributed by atoms with van der Waals surface area (Å²) in [5, 5.41) is 0. The van der Waals surface area contributed by atoms with Gasteiger partial charge < -0.3 is 20.9 Å². The molecule has 0 amide bonds. The number of ether oxygens (including phenoxy) is 2. The van der Waals surface area contributed by atoms with Crippen molar-refractivity contribution in [3.63, 3.8) is 0 Å². The number of hydrogen-bond donors (Lipinski definition) is 2. The predicted molar refractivity (Wildman–Crippen MR) is 86.1 cm³/mol.